The number of aliphatic hydroxyl groups excluding tert-OH is 1. The zero-order valence-corrected chi connectivity index (χ0v) is 10.0. The van der Waals surface area contributed by atoms with Gasteiger partial charge in [0.05, 0.1) is 18.2 Å². The van der Waals surface area contributed by atoms with E-state index in [9.17, 15) is 9.90 Å². The zero-order valence-electron chi connectivity index (χ0n) is 10.0. The largest absolute Gasteiger partial charge is 0.389 e. The molecule has 0 saturated heterocycles. The number of β-amino-alcohol motifs (C(OH)–C–C–N with tert-alkyl or cyclic N) is 1. The first kappa shape index (κ1) is 13.4. The van der Waals surface area contributed by atoms with E-state index in [1.165, 1.54) is 12.8 Å². The number of nitrogens with one attached hydrogen (secondary N) is 1. The highest BCUT2D eigenvalue weighted by Crippen LogP contribution is 2.28. The first-order valence-electron chi connectivity index (χ1n) is 5.72. The molecule has 0 radical (unpaired) electrons. The van der Waals surface area contributed by atoms with Gasteiger partial charge in [-0.05, 0) is 32.6 Å². The third-order valence-electron chi connectivity index (χ3n) is 2.76. The number of carbonyl (C=O) groups is 1. The lowest BCUT2D eigenvalue weighted by Crippen LogP contribution is -2.53. The Morgan fingerprint density at radius 2 is 2.25 bits per heavy atom. The number of ether oxygens (including phenoxy) is 1. The van der Waals surface area contributed by atoms with Gasteiger partial charge in [0.1, 0.15) is 0 Å². The van der Waals surface area contributed by atoms with Gasteiger partial charge in [-0.3, -0.25) is 4.79 Å². The number of hydrogen-bond donors (Lipinski definition) is 3. The summed E-state index contributed by atoms with van der Waals surface area (Å²) in [5.74, 6) is 0.265. The van der Waals surface area contributed by atoms with Gasteiger partial charge in [-0.15, -0.1) is 0 Å². The fourth-order valence-corrected chi connectivity index (χ4v) is 1.17. The minimum absolute atomic E-state index is 0.304. The van der Waals surface area contributed by atoms with Crippen LogP contribution in [-0.4, -0.2) is 42.4 Å². The number of nitrogens with two attached hydrogens (primary N) is 1. The van der Waals surface area contributed by atoms with Gasteiger partial charge in [-0.2, -0.15) is 0 Å². The van der Waals surface area contributed by atoms with Crippen LogP contribution in [0.15, 0.2) is 0 Å². The molecule has 1 amide bonds. The van der Waals surface area contributed by atoms with Gasteiger partial charge in [-0.1, -0.05) is 0 Å². The van der Waals surface area contributed by atoms with Crippen LogP contribution in [0.2, 0.25) is 0 Å². The Morgan fingerprint density at radius 1 is 1.62 bits per heavy atom. The van der Waals surface area contributed by atoms with Crippen molar-refractivity contribution >= 4 is 5.91 Å². The van der Waals surface area contributed by atoms with Crippen molar-refractivity contribution in [2.45, 2.75) is 38.3 Å². The Morgan fingerprint density at radius 3 is 2.75 bits per heavy atom. The normalized spacial score (nSPS) is 18.4. The highest BCUT2D eigenvalue weighted by molar-refractivity contribution is 5.83. The van der Waals surface area contributed by atoms with Crippen LogP contribution in [0.1, 0.15) is 26.7 Å². The molecule has 0 aromatic heterocycles. The lowest BCUT2D eigenvalue weighted by molar-refractivity contribution is -0.123. The lowest BCUT2D eigenvalue weighted by Gasteiger charge is -2.24. The predicted molar refractivity (Wildman–Crippen MR) is 60.8 cm³/mol. The summed E-state index contributed by atoms with van der Waals surface area (Å²) in [7, 11) is 0. The van der Waals surface area contributed by atoms with Crippen LogP contribution in [0, 0.1) is 5.92 Å². The summed E-state index contributed by atoms with van der Waals surface area (Å²) in [4.78, 5) is 11.0. The molecule has 1 aliphatic rings. The van der Waals surface area contributed by atoms with E-state index >= 15 is 0 Å². The smallest absolute Gasteiger partial charge is 0.237 e. The van der Waals surface area contributed by atoms with Crippen LogP contribution in [-0.2, 0) is 9.53 Å². The third kappa shape index (κ3) is 4.92. The number of primary amides is 1. The van der Waals surface area contributed by atoms with E-state index in [0.29, 0.717) is 19.1 Å². The number of carbonyl (C=O) groups excluding carboxylic acids is 1. The molecule has 16 heavy (non-hydrogen) atoms. The SMILES string of the molecule is CC(C)(NCC(O)COCC1CC1)C(N)=O. The van der Waals surface area contributed by atoms with Gasteiger partial charge in [0.25, 0.3) is 0 Å². The summed E-state index contributed by atoms with van der Waals surface area (Å²) < 4.78 is 5.34. The molecule has 0 spiro atoms. The molecule has 0 aromatic carbocycles. The first-order valence-corrected chi connectivity index (χ1v) is 5.72. The van der Waals surface area contributed by atoms with Crippen LogP contribution < -0.4 is 11.1 Å². The minimum Gasteiger partial charge on any atom is -0.389 e. The molecule has 1 fully saturated rings. The van der Waals surface area contributed by atoms with Crippen molar-refractivity contribution in [1.82, 2.24) is 5.32 Å². The van der Waals surface area contributed by atoms with E-state index in [1.54, 1.807) is 13.8 Å². The van der Waals surface area contributed by atoms with Crippen molar-refractivity contribution in [1.29, 1.82) is 0 Å². The molecule has 1 rings (SSSR count). The summed E-state index contributed by atoms with van der Waals surface area (Å²) in [6, 6.07) is 0. The Hall–Kier alpha value is -0.650. The molecule has 0 aliphatic heterocycles. The molecule has 1 unspecified atom stereocenters. The maximum atomic E-state index is 11.0. The molecule has 5 heteroatoms. The maximum absolute atomic E-state index is 11.0. The zero-order chi connectivity index (χ0) is 12.2. The Balaban J connectivity index is 2.08. The monoisotopic (exact) mass is 230 g/mol. The van der Waals surface area contributed by atoms with Crippen molar-refractivity contribution in [3.8, 4) is 0 Å². The fraction of sp³-hybridized carbons (Fsp3) is 0.909. The molecular formula is C11H22N2O3. The van der Waals surface area contributed by atoms with Crippen LogP contribution >= 0.6 is 0 Å². The van der Waals surface area contributed by atoms with Crippen LogP contribution in [0.5, 0.6) is 0 Å². The van der Waals surface area contributed by atoms with Crippen LogP contribution in [0.25, 0.3) is 0 Å². The number of hydrogen-bond acceptors (Lipinski definition) is 4. The molecule has 1 saturated carbocycles. The molecule has 0 aromatic rings. The van der Waals surface area contributed by atoms with Gasteiger partial charge in [0.2, 0.25) is 5.91 Å². The summed E-state index contributed by atoms with van der Waals surface area (Å²) in [5.41, 5.74) is 4.40. The highest BCUT2D eigenvalue weighted by atomic mass is 16.5. The third-order valence-corrected chi connectivity index (χ3v) is 2.76. The summed E-state index contributed by atoms with van der Waals surface area (Å²) >= 11 is 0. The number of aliphatic hydroxyl groups is 1. The topological polar surface area (TPSA) is 84.6 Å². The standard InChI is InChI=1S/C11H22N2O3/c1-11(2,10(12)15)13-5-9(14)7-16-6-8-3-4-8/h8-9,13-14H,3-7H2,1-2H3,(H2,12,15). The first-order chi connectivity index (χ1) is 7.42. The average Bonchev–Trinajstić information content (AvgIpc) is 2.98. The van der Waals surface area contributed by atoms with Gasteiger partial charge in [-0.25, -0.2) is 0 Å². The fourth-order valence-electron chi connectivity index (χ4n) is 1.17. The van der Waals surface area contributed by atoms with Crippen molar-refractivity contribution in [3.05, 3.63) is 0 Å². The van der Waals surface area contributed by atoms with Gasteiger partial charge in [0, 0.05) is 13.2 Å². The van der Waals surface area contributed by atoms with Gasteiger partial charge >= 0.3 is 0 Å². The van der Waals surface area contributed by atoms with E-state index in [-0.39, 0.29) is 0 Å². The maximum Gasteiger partial charge on any atom is 0.237 e. The molecule has 4 N–H and O–H groups in total. The summed E-state index contributed by atoms with van der Waals surface area (Å²) in [6.07, 6.45) is 1.88. The van der Waals surface area contributed by atoms with Crippen molar-refractivity contribution < 1.29 is 14.6 Å². The number of amides is 1. The van der Waals surface area contributed by atoms with Crippen molar-refractivity contribution in [3.63, 3.8) is 0 Å². The lowest BCUT2D eigenvalue weighted by atomic mass is 10.1. The molecule has 1 atom stereocenters. The second-order valence-corrected chi connectivity index (χ2v) is 5.00. The predicted octanol–water partition coefficient (Wildman–Crippen LogP) is -0.373. The Kier molecular flexibility index (Phi) is 4.70. The second kappa shape index (κ2) is 5.61. The Bertz CT molecular complexity index is 239. The molecule has 0 heterocycles. The summed E-state index contributed by atoms with van der Waals surface area (Å²) in [5, 5.41) is 12.5. The van der Waals surface area contributed by atoms with E-state index in [4.69, 9.17) is 10.5 Å². The van der Waals surface area contributed by atoms with Gasteiger partial charge < -0.3 is 20.9 Å². The van der Waals surface area contributed by atoms with Crippen LogP contribution in [0.4, 0.5) is 0 Å². The number of rotatable bonds is 8. The molecule has 1 aliphatic carbocycles. The molecule has 94 valence electrons. The Labute approximate surface area is 96.3 Å². The van der Waals surface area contributed by atoms with Gasteiger partial charge in [0.15, 0.2) is 0 Å². The minimum atomic E-state index is -0.794. The van der Waals surface area contributed by atoms with E-state index in [2.05, 4.69) is 5.32 Å². The molecule has 0 bridgehead atoms. The van der Waals surface area contributed by atoms with Crippen LogP contribution in [0.3, 0.4) is 0 Å². The van der Waals surface area contributed by atoms with E-state index in [0.717, 1.165) is 6.61 Å². The van der Waals surface area contributed by atoms with E-state index < -0.39 is 17.6 Å². The molecular weight excluding hydrogens is 208 g/mol. The highest BCUT2D eigenvalue weighted by Gasteiger charge is 2.25. The quantitative estimate of drug-likeness (QED) is 0.531. The molecule has 5 nitrogen and oxygen atoms in total. The van der Waals surface area contributed by atoms with E-state index in [1.807, 2.05) is 0 Å². The second-order valence-electron chi connectivity index (χ2n) is 5.00. The van der Waals surface area contributed by atoms with Crippen molar-refractivity contribution in [2.75, 3.05) is 19.8 Å². The summed E-state index contributed by atoms with van der Waals surface area (Å²) in [6.45, 7) is 4.72. The average molecular weight is 230 g/mol. The van der Waals surface area contributed by atoms with Crippen molar-refractivity contribution in [2.24, 2.45) is 11.7 Å².